The fourth-order valence-electron chi connectivity index (χ4n) is 1.37. The molecule has 18 heavy (non-hydrogen) atoms. The molecule has 0 aliphatic heterocycles. The molecule has 6 heteroatoms. The summed E-state index contributed by atoms with van der Waals surface area (Å²) in [6.07, 6.45) is 0.839. The first kappa shape index (κ1) is 17.8. The van der Waals surface area contributed by atoms with Crippen LogP contribution >= 0.6 is 0 Å². The first-order chi connectivity index (χ1) is 8.24. The maximum Gasteiger partial charge on any atom is 0.212 e. The summed E-state index contributed by atoms with van der Waals surface area (Å²) in [5.41, 5.74) is 0. The molecule has 0 aromatic heterocycles. The van der Waals surface area contributed by atoms with E-state index in [-0.39, 0.29) is 5.75 Å². The van der Waals surface area contributed by atoms with Crippen molar-refractivity contribution in [2.45, 2.75) is 46.2 Å². The topological polar surface area (TPSA) is 61.4 Å². The second-order valence-electron chi connectivity index (χ2n) is 5.25. The number of nitrogens with zero attached hydrogens (tertiary/aromatic N) is 1. The Kier molecular flexibility index (Phi) is 8.77. The van der Waals surface area contributed by atoms with Crippen molar-refractivity contribution >= 4 is 10.0 Å². The third-order valence-corrected chi connectivity index (χ3v) is 4.20. The predicted octanol–water partition coefficient (Wildman–Crippen LogP) is 0.634. The smallest absolute Gasteiger partial charge is 0.212 e. The van der Waals surface area contributed by atoms with Crippen molar-refractivity contribution in [2.75, 3.05) is 32.4 Å². The lowest BCUT2D eigenvalue weighted by Gasteiger charge is -2.20. The molecular weight excluding hydrogens is 250 g/mol. The molecule has 0 amide bonds. The molecule has 0 saturated heterocycles. The molecule has 2 N–H and O–H groups in total. The lowest BCUT2D eigenvalue weighted by molar-refractivity contribution is 0.271. The standard InChI is InChI=1S/C12H29N3O2S/c1-11(2)13-8-10-18(16,17)14-7-6-9-15(5)12(3)4/h11-14H,6-10H2,1-5H3. The summed E-state index contributed by atoms with van der Waals surface area (Å²) in [7, 11) is -1.08. The van der Waals surface area contributed by atoms with E-state index in [0.717, 1.165) is 13.0 Å². The molecule has 0 spiro atoms. The third kappa shape index (κ3) is 9.82. The molecule has 0 bridgehead atoms. The van der Waals surface area contributed by atoms with Crippen LogP contribution in [0.5, 0.6) is 0 Å². The molecule has 0 saturated carbocycles. The fraction of sp³-hybridized carbons (Fsp3) is 1.00. The van der Waals surface area contributed by atoms with Crippen molar-refractivity contribution in [1.29, 1.82) is 0 Å². The van der Waals surface area contributed by atoms with Crippen molar-refractivity contribution in [2.24, 2.45) is 0 Å². The Morgan fingerprint density at radius 1 is 1.11 bits per heavy atom. The van der Waals surface area contributed by atoms with Gasteiger partial charge < -0.3 is 10.2 Å². The van der Waals surface area contributed by atoms with E-state index in [0.29, 0.717) is 25.2 Å². The Morgan fingerprint density at radius 2 is 1.72 bits per heavy atom. The second-order valence-corrected chi connectivity index (χ2v) is 7.18. The quantitative estimate of drug-likeness (QED) is 0.576. The highest BCUT2D eigenvalue weighted by molar-refractivity contribution is 7.89. The van der Waals surface area contributed by atoms with Gasteiger partial charge in [-0.05, 0) is 33.9 Å². The normalized spacial score (nSPS) is 12.9. The monoisotopic (exact) mass is 279 g/mol. The fourth-order valence-corrected chi connectivity index (χ4v) is 2.35. The molecule has 0 aliphatic rings. The van der Waals surface area contributed by atoms with Crippen molar-refractivity contribution in [3.63, 3.8) is 0 Å². The lowest BCUT2D eigenvalue weighted by atomic mass is 10.3. The van der Waals surface area contributed by atoms with E-state index in [2.05, 4.69) is 28.8 Å². The van der Waals surface area contributed by atoms with E-state index < -0.39 is 10.0 Å². The highest BCUT2D eigenvalue weighted by Gasteiger charge is 2.09. The van der Waals surface area contributed by atoms with E-state index in [1.54, 1.807) is 0 Å². The minimum absolute atomic E-state index is 0.144. The van der Waals surface area contributed by atoms with Crippen LogP contribution < -0.4 is 10.0 Å². The van der Waals surface area contributed by atoms with E-state index in [1.165, 1.54) is 0 Å². The molecule has 0 radical (unpaired) electrons. The summed E-state index contributed by atoms with van der Waals surface area (Å²) in [5.74, 6) is 0.144. The average Bonchev–Trinajstić information content (AvgIpc) is 2.23. The van der Waals surface area contributed by atoms with Gasteiger partial charge in [0.1, 0.15) is 0 Å². The van der Waals surface area contributed by atoms with Crippen molar-refractivity contribution in [3.8, 4) is 0 Å². The SMILES string of the molecule is CC(C)NCCS(=O)(=O)NCCCN(C)C(C)C. The minimum atomic E-state index is -3.13. The summed E-state index contributed by atoms with van der Waals surface area (Å²) in [4.78, 5) is 2.20. The van der Waals surface area contributed by atoms with Gasteiger partial charge in [-0.15, -0.1) is 0 Å². The molecule has 0 atom stereocenters. The van der Waals surface area contributed by atoms with Gasteiger partial charge in [0.2, 0.25) is 10.0 Å². The van der Waals surface area contributed by atoms with E-state index in [1.807, 2.05) is 20.9 Å². The van der Waals surface area contributed by atoms with Gasteiger partial charge in [0, 0.05) is 25.2 Å². The summed E-state index contributed by atoms with van der Waals surface area (Å²) in [5, 5.41) is 3.10. The van der Waals surface area contributed by atoms with Crippen LogP contribution in [0.3, 0.4) is 0 Å². The van der Waals surface area contributed by atoms with Crippen LogP contribution in [0.25, 0.3) is 0 Å². The number of nitrogens with one attached hydrogen (secondary N) is 2. The highest BCUT2D eigenvalue weighted by atomic mass is 32.2. The lowest BCUT2D eigenvalue weighted by Crippen LogP contribution is -2.36. The summed E-state index contributed by atoms with van der Waals surface area (Å²) in [6.45, 7) is 10.2. The number of hydrogen-bond acceptors (Lipinski definition) is 4. The Balaban J connectivity index is 3.71. The van der Waals surface area contributed by atoms with E-state index in [4.69, 9.17) is 0 Å². The van der Waals surface area contributed by atoms with Gasteiger partial charge >= 0.3 is 0 Å². The molecule has 0 unspecified atom stereocenters. The molecule has 0 fully saturated rings. The first-order valence-electron chi connectivity index (χ1n) is 6.65. The molecule has 0 aromatic rings. The Bertz CT molecular complexity index is 302. The maximum absolute atomic E-state index is 11.6. The second kappa shape index (κ2) is 8.85. The molecule has 0 heterocycles. The zero-order valence-corrected chi connectivity index (χ0v) is 13.2. The van der Waals surface area contributed by atoms with Gasteiger partial charge in [-0.2, -0.15) is 0 Å². The van der Waals surface area contributed by atoms with E-state index >= 15 is 0 Å². The van der Waals surface area contributed by atoms with Crippen LogP contribution in [0, 0.1) is 0 Å². The molecule has 5 nitrogen and oxygen atoms in total. The van der Waals surface area contributed by atoms with Gasteiger partial charge in [-0.25, -0.2) is 13.1 Å². The van der Waals surface area contributed by atoms with Crippen LogP contribution in [0.4, 0.5) is 0 Å². The Morgan fingerprint density at radius 3 is 2.22 bits per heavy atom. The Labute approximate surface area is 112 Å². The van der Waals surface area contributed by atoms with E-state index in [9.17, 15) is 8.42 Å². The van der Waals surface area contributed by atoms with Crippen LogP contribution in [0.15, 0.2) is 0 Å². The summed E-state index contributed by atoms with van der Waals surface area (Å²) < 4.78 is 25.9. The zero-order chi connectivity index (χ0) is 14.2. The molecular formula is C12H29N3O2S. The van der Waals surface area contributed by atoms with Gasteiger partial charge in [-0.1, -0.05) is 13.8 Å². The van der Waals surface area contributed by atoms with Gasteiger partial charge in [-0.3, -0.25) is 0 Å². The van der Waals surface area contributed by atoms with Crippen molar-refractivity contribution in [1.82, 2.24) is 14.9 Å². The van der Waals surface area contributed by atoms with Crippen LogP contribution in [0.2, 0.25) is 0 Å². The first-order valence-corrected chi connectivity index (χ1v) is 8.31. The largest absolute Gasteiger partial charge is 0.313 e. The average molecular weight is 279 g/mol. The van der Waals surface area contributed by atoms with Crippen LogP contribution in [-0.2, 0) is 10.0 Å². The number of rotatable bonds is 10. The molecule has 0 rings (SSSR count). The van der Waals surface area contributed by atoms with Crippen LogP contribution in [-0.4, -0.2) is 57.8 Å². The minimum Gasteiger partial charge on any atom is -0.313 e. The van der Waals surface area contributed by atoms with Crippen LogP contribution in [0.1, 0.15) is 34.1 Å². The number of sulfonamides is 1. The van der Waals surface area contributed by atoms with Crippen molar-refractivity contribution < 1.29 is 8.42 Å². The number of hydrogen-bond donors (Lipinski definition) is 2. The summed E-state index contributed by atoms with van der Waals surface area (Å²) in [6, 6.07) is 0.816. The highest BCUT2D eigenvalue weighted by Crippen LogP contribution is 1.95. The third-order valence-electron chi connectivity index (χ3n) is 2.81. The maximum atomic E-state index is 11.6. The Hall–Kier alpha value is -0.170. The molecule has 0 aliphatic carbocycles. The van der Waals surface area contributed by atoms with Crippen molar-refractivity contribution in [3.05, 3.63) is 0 Å². The van der Waals surface area contributed by atoms with Gasteiger partial charge in [0.15, 0.2) is 0 Å². The van der Waals surface area contributed by atoms with Gasteiger partial charge in [0.05, 0.1) is 5.75 Å². The van der Waals surface area contributed by atoms with Gasteiger partial charge in [0.25, 0.3) is 0 Å². The molecule has 110 valence electrons. The zero-order valence-electron chi connectivity index (χ0n) is 12.4. The predicted molar refractivity (Wildman–Crippen MR) is 77.3 cm³/mol. The summed E-state index contributed by atoms with van der Waals surface area (Å²) >= 11 is 0. The molecule has 0 aromatic carbocycles.